The van der Waals surface area contributed by atoms with Gasteiger partial charge in [0.2, 0.25) is 5.91 Å². The van der Waals surface area contributed by atoms with Gasteiger partial charge in [-0.05, 0) is 6.42 Å². The smallest absolute Gasteiger partial charge is 0.222 e. The maximum atomic E-state index is 10.9. The summed E-state index contributed by atoms with van der Waals surface area (Å²) in [6.07, 6.45) is 10.6. The molecule has 1 saturated heterocycles. The molecule has 16 heavy (non-hydrogen) atoms. The second-order valence-electron chi connectivity index (χ2n) is 4.59. The standard InChI is InChI=1S/C13H25NO2/c1-2-3-4-5-6-7-8-11-16-13-10-9-12(15)14-13/h13H,2-11H2,1H3,(H,14,15). The van der Waals surface area contributed by atoms with E-state index in [2.05, 4.69) is 12.2 Å². The number of amides is 1. The Morgan fingerprint density at radius 3 is 2.50 bits per heavy atom. The highest BCUT2D eigenvalue weighted by Gasteiger charge is 2.20. The van der Waals surface area contributed by atoms with E-state index in [1.165, 1.54) is 38.5 Å². The summed E-state index contributed by atoms with van der Waals surface area (Å²) in [7, 11) is 0. The first-order valence-corrected chi connectivity index (χ1v) is 6.74. The van der Waals surface area contributed by atoms with Gasteiger partial charge in [0.1, 0.15) is 6.23 Å². The second-order valence-corrected chi connectivity index (χ2v) is 4.59. The Labute approximate surface area is 98.9 Å². The lowest BCUT2D eigenvalue weighted by Gasteiger charge is -2.11. The number of carbonyl (C=O) groups is 1. The van der Waals surface area contributed by atoms with Crippen LogP contribution in [0.2, 0.25) is 0 Å². The van der Waals surface area contributed by atoms with Gasteiger partial charge < -0.3 is 10.1 Å². The molecule has 1 amide bonds. The van der Waals surface area contributed by atoms with E-state index in [-0.39, 0.29) is 12.1 Å². The predicted octanol–water partition coefficient (Wildman–Crippen LogP) is 2.99. The molecule has 0 saturated carbocycles. The Morgan fingerprint density at radius 1 is 1.19 bits per heavy atom. The van der Waals surface area contributed by atoms with Crippen LogP contribution < -0.4 is 5.32 Å². The minimum atomic E-state index is -0.00686. The number of ether oxygens (including phenoxy) is 1. The molecule has 0 bridgehead atoms. The van der Waals surface area contributed by atoms with Crippen molar-refractivity contribution in [3.8, 4) is 0 Å². The lowest BCUT2D eigenvalue weighted by Crippen LogP contribution is -2.28. The summed E-state index contributed by atoms with van der Waals surface area (Å²) in [5.41, 5.74) is 0. The number of hydrogen-bond acceptors (Lipinski definition) is 2. The van der Waals surface area contributed by atoms with Gasteiger partial charge in [-0.2, -0.15) is 0 Å². The number of unbranched alkanes of at least 4 members (excludes halogenated alkanes) is 6. The molecule has 1 aliphatic heterocycles. The van der Waals surface area contributed by atoms with E-state index in [0.29, 0.717) is 6.42 Å². The molecule has 0 spiro atoms. The van der Waals surface area contributed by atoms with Gasteiger partial charge in [0.05, 0.1) is 0 Å². The third kappa shape index (κ3) is 6.11. The number of rotatable bonds is 9. The zero-order valence-corrected chi connectivity index (χ0v) is 10.5. The van der Waals surface area contributed by atoms with Crippen molar-refractivity contribution in [1.29, 1.82) is 0 Å². The lowest BCUT2D eigenvalue weighted by atomic mass is 10.1. The van der Waals surface area contributed by atoms with Gasteiger partial charge in [0.25, 0.3) is 0 Å². The van der Waals surface area contributed by atoms with Gasteiger partial charge in [-0.15, -0.1) is 0 Å². The molecule has 1 N–H and O–H groups in total. The minimum Gasteiger partial charge on any atom is -0.359 e. The molecule has 0 aromatic heterocycles. The highest BCUT2D eigenvalue weighted by molar-refractivity contribution is 5.78. The van der Waals surface area contributed by atoms with Crippen LogP contribution in [0, 0.1) is 0 Å². The first-order valence-electron chi connectivity index (χ1n) is 6.74. The van der Waals surface area contributed by atoms with E-state index >= 15 is 0 Å². The van der Waals surface area contributed by atoms with E-state index in [1.54, 1.807) is 0 Å². The van der Waals surface area contributed by atoms with Gasteiger partial charge >= 0.3 is 0 Å². The van der Waals surface area contributed by atoms with Crippen LogP contribution >= 0.6 is 0 Å². The van der Waals surface area contributed by atoms with E-state index in [9.17, 15) is 4.79 Å². The summed E-state index contributed by atoms with van der Waals surface area (Å²) in [5, 5.41) is 2.81. The fourth-order valence-electron chi connectivity index (χ4n) is 2.00. The maximum absolute atomic E-state index is 10.9. The Bertz CT molecular complexity index is 194. The Kier molecular flexibility index (Phi) is 7.23. The quantitative estimate of drug-likeness (QED) is 0.615. The third-order valence-electron chi connectivity index (χ3n) is 3.02. The zero-order chi connectivity index (χ0) is 11.6. The van der Waals surface area contributed by atoms with Crippen LogP contribution in [0.15, 0.2) is 0 Å². The molecule has 0 aromatic carbocycles. The predicted molar refractivity (Wildman–Crippen MR) is 65.1 cm³/mol. The summed E-state index contributed by atoms with van der Waals surface area (Å²) in [5.74, 6) is 0.129. The number of nitrogens with one attached hydrogen (secondary N) is 1. The van der Waals surface area contributed by atoms with Crippen LogP contribution in [0.3, 0.4) is 0 Å². The Balaban J connectivity index is 1.79. The van der Waals surface area contributed by atoms with Crippen LogP contribution in [-0.2, 0) is 9.53 Å². The van der Waals surface area contributed by atoms with E-state index in [0.717, 1.165) is 19.4 Å². The SMILES string of the molecule is CCCCCCCCCOC1CCC(=O)N1. The molecular formula is C13H25NO2. The first kappa shape index (κ1) is 13.5. The van der Waals surface area contributed by atoms with Gasteiger partial charge in [-0.1, -0.05) is 45.4 Å². The highest BCUT2D eigenvalue weighted by Crippen LogP contribution is 2.10. The van der Waals surface area contributed by atoms with Crippen molar-refractivity contribution in [2.24, 2.45) is 0 Å². The van der Waals surface area contributed by atoms with Crippen molar-refractivity contribution in [2.75, 3.05) is 6.61 Å². The summed E-state index contributed by atoms with van der Waals surface area (Å²) < 4.78 is 5.57. The molecule has 0 aliphatic carbocycles. The largest absolute Gasteiger partial charge is 0.359 e. The number of carbonyl (C=O) groups excluding carboxylic acids is 1. The minimum absolute atomic E-state index is 0.00686. The normalized spacial score (nSPS) is 20.1. The first-order chi connectivity index (χ1) is 7.83. The van der Waals surface area contributed by atoms with E-state index in [4.69, 9.17) is 4.74 Å². The van der Waals surface area contributed by atoms with Crippen molar-refractivity contribution < 1.29 is 9.53 Å². The van der Waals surface area contributed by atoms with Crippen LogP contribution in [0.1, 0.15) is 64.7 Å². The Morgan fingerprint density at radius 2 is 1.88 bits per heavy atom. The van der Waals surface area contributed by atoms with Gasteiger partial charge in [-0.3, -0.25) is 4.79 Å². The third-order valence-corrected chi connectivity index (χ3v) is 3.02. The molecule has 0 aromatic rings. The number of hydrogen-bond donors (Lipinski definition) is 1. The molecule has 1 atom stereocenters. The van der Waals surface area contributed by atoms with E-state index < -0.39 is 0 Å². The topological polar surface area (TPSA) is 38.3 Å². The fourth-order valence-corrected chi connectivity index (χ4v) is 2.00. The molecule has 94 valence electrons. The molecule has 1 heterocycles. The monoisotopic (exact) mass is 227 g/mol. The molecule has 1 rings (SSSR count). The van der Waals surface area contributed by atoms with Crippen LogP contribution in [-0.4, -0.2) is 18.7 Å². The summed E-state index contributed by atoms with van der Waals surface area (Å²) in [6, 6.07) is 0. The van der Waals surface area contributed by atoms with Gasteiger partial charge in [-0.25, -0.2) is 0 Å². The second kappa shape index (κ2) is 8.57. The van der Waals surface area contributed by atoms with Crippen molar-refractivity contribution in [3.05, 3.63) is 0 Å². The molecule has 1 unspecified atom stereocenters. The molecule has 1 fully saturated rings. The molecule has 0 radical (unpaired) electrons. The maximum Gasteiger partial charge on any atom is 0.222 e. The van der Waals surface area contributed by atoms with Gasteiger partial charge in [0, 0.05) is 19.4 Å². The highest BCUT2D eigenvalue weighted by atomic mass is 16.5. The lowest BCUT2D eigenvalue weighted by molar-refractivity contribution is -0.120. The van der Waals surface area contributed by atoms with Crippen molar-refractivity contribution >= 4 is 5.91 Å². The average Bonchev–Trinajstić information content (AvgIpc) is 2.68. The molecule has 3 heteroatoms. The zero-order valence-electron chi connectivity index (χ0n) is 10.5. The molecular weight excluding hydrogens is 202 g/mol. The Hall–Kier alpha value is -0.570. The fraction of sp³-hybridized carbons (Fsp3) is 0.923. The van der Waals surface area contributed by atoms with Crippen molar-refractivity contribution in [1.82, 2.24) is 5.32 Å². The summed E-state index contributed by atoms with van der Waals surface area (Å²) >= 11 is 0. The van der Waals surface area contributed by atoms with Crippen LogP contribution in [0.4, 0.5) is 0 Å². The average molecular weight is 227 g/mol. The van der Waals surface area contributed by atoms with Crippen molar-refractivity contribution in [3.63, 3.8) is 0 Å². The summed E-state index contributed by atoms with van der Waals surface area (Å²) in [6.45, 7) is 3.03. The molecule has 3 nitrogen and oxygen atoms in total. The van der Waals surface area contributed by atoms with Crippen molar-refractivity contribution in [2.45, 2.75) is 70.9 Å². The molecule has 1 aliphatic rings. The van der Waals surface area contributed by atoms with Crippen LogP contribution in [0.25, 0.3) is 0 Å². The summed E-state index contributed by atoms with van der Waals surface area (Å²) in [4.78, 5) is 10.9. The van der Waals surface area contributed by atoms with Gasteiger partial charge in [0.15, 0.2) is 0 Å². The van der Waals surface area contributed by atoms with Crippen LogP contribution in [0.5, 0.6) is 0 Å². The van der Waals surface area contributed by atoms with E-state index in [1.807, 2.05) is 0 Å².